The van der Waals surface area contributed by atoms with E-state index in [0.717, 1.165) is 12.8 Å². The lowest BCUT2D eigenvalue weighted by Crippen LogP contribution is -2.67. The second kappa shape index (κ2) is 6.71. The average Bonchev–Trinajstić information content (AvgIpc) is 3.17. The van der Waals surface area contributed by atoms with Crippen molar-refractivity contribution in [2.45, 2.75) is 51.7 Å². The zero-order valence-corrected chi connectivity index (χ0v) is 17.8. The van der Waals surface area contributed by atoms with E-state index in [0.29, 0.717) is 23.5 Å². The third kappa shape index (κ3) is 3.11. The van der Waals surface area contributed by atoms with E-state index in [1.54, 1.807) is 6.92 Å². The maximum absolute atomic E-state index is 11.8. The van der Waals surface area contributed by atoms with E-state index in [1.807, 2.05) is 0 Å². The fraction of sp³-hybridized carbons (Fsp3) is 0.458. The molecular weight excluding hydrogens is 348 g/mol. The number of carbonyl (C=O) groups excluding carboxylic acids is 1. The molecule has 0 bridgehead atoms. The quantitative estimate of drug-likeness (QED) is 0.730. The summed E-state index contributed by atoms with van der Waals surface area (Å²) in [5.41, 5.74) is 0. The highest BCUT2D eigenvalue weighted by molar-refractivity contribution is 6.99. The van der Waals surface area contributed by atoms with Crippen molar-refractivity contribution in [3.05, 3.63) is 60.7 Å². The van der Waals surface area contributed by atoms with Gasteiger partial charge in [0.25, 0.3) is 8.32 Å². The number of ketones is 1. The van der Waals surface area contributed by atoms with Crippen molar-refractivity contribution < 1.29 is 9.22 Å². The summed E-state index contributed by atoms with van der Waals surface area (Å²) in [5.74, 6) is 1.80. The Kier molecular flexibility index (Phi) is 4.64. The lowest BCUT2D eigenvalue weighted by atomic mass is 10.1. The summed E-state index contributed by atoms with van der Waals surface area (Å²) in [6.07, 6.45) is 2.35. The zero-order chi connectivity index (χ0) is 19.2. The van der Waals surface area contributed by atoms with E-state index in [4.69, 9.17) is 4.43 Å². The van der Waals surface area contributed by atoms with Crippen molar-refractivity contribution in [1.29, 1.82) is 0 Å². The topological polar surface area (TPSA) is 26.3 Å². The maximum Gasteiger partial charge on any atom is 0.261 e. The van der Waals surface area contributed by atoms with Crippen molar-refractivity contribution in [2.75, 3.05) is 0 Å². The second-order valence-electron chi connectivity index (χ2n) is 9.34. The Morgan fingerprint density at radius 3 is 1.70 bits per heavy atom. The van der Waals surface area contributed by atoms with Crippen molar-refractivity contribution >= 4 is 24.5 Å². The number of fused-ring (bicyclic) bond motifs is 1. The molecule has 2 nitrogen and oxygen atoms in total. The minimum atomic E-state index is -2.46. The summed E-state index contributed by atoms with van der Waals surface area (Å²) < 4.78 is 7.19. The highest BCUT2D eigenvalue weighted by Crippen LogP contribution is 2.59. The minimum Gasteiger partial charge on any atom is -0.404 e. The number of hydrogen-bond donors (Lipinski definition) is 0. The van der Waals surface area contributed by atoms with Crippen LogP contribution in [0.3, 0.4) is 0 Å². The van der Waals surface area contributed by atoms with Gasteiger partial charge in [0.2, 0.25) is 0 Å². The summed E-state index contributed by atoms with van der Waals surface area (Å²) in [6.45, 7) is 8.73. The standard InChI is InChI=1S/C24H30O2Si/c1-17(25)23-21-15-18(16-22(21)23)26-27(24(2,3)4,19-11-7-5-8-12-19)20-13-9-6-10-14-20/h5-14,18,21-23H,15-16H2,1-4H3/t18?,21-,22+,23?. The Hall–Kier alpha value is -1.71. The number of Topliss-reactive ketones (excluding diaryl/α,β-unsaturated/α-hetero) is 1. The molecule has 2 aliphatic rings. The molecule has 4 atom stereocenters. The molecule has 2 aliphatic carbocycles. The first-order valence-electron chi connectivity index (χ1n) is 10.1. The molecule has 3 heteroatoms. The van der Waals surface area contributed by atoms with Gasteiger partial charge in [-0.1, -0.05) is 81.4 Å². The lowest BCUT2D eigenvalue weighted by molar-refractivity contribution is -0.119. The van der Waals surface area contributed by atoms with Crippen LogP contribution >= 0.6 is 0 Å². The molecule has 0 amide bonds. The van der Waals surface area contributed by atoms with E-state index < -0.39 is 8.32 Å². The van der Waals surface area contributed by atoms with Gasteiger partial charge in [-0.25, -0.2) is 0 Å². The predicted molar refractivity (Wildman–Crippen MR) is 113 cm³/mol. The first-order chi connectivity index (χ1) is 12.8. The van der Waals surface area contributed by atoms with Gasteiger partial charge in [-0.05, 0) is 47.0 Å². The van der Waals surface area contributed by atoms with Crippen LogP contribution in [0.4, 0.5) is 0 Å². The first-order valence-corrected chi connectivity index (χ1v) is 12.0. The van der Waals surface area contributed by atoms with Gasteiger partial charge in [0, 0.05) is 12.0 Å². The number of hydrogen-bond acceptors (Lipinski definition) is 2. The van der Waals surface area contributed by atoms with Crippen LogP contribution in [0.25, 0.3) is 0 Å². The molecule has 2 fully saturated rings. The molecular formula is C24H30O2Si. The summed E-state index contributed by atoms with van der Waals surface area (Å²) in [5, 5.41) is 2.70. The summed E-state index contributed by atoms with van der Waals surface area (Å²) in [7, 11) is -2.46. The van der Waals surface area contributed by atoms with Crippen LogP contribution in [0.15, 0.2) is 60.7 Å². The van der Waals surface area contributed by atoms with Crippen molar-refractivity contribution in [3.8, 4) is 0 Å². The van der Waals surface area contributed by atoms with Gasteiger partial charge in [-0.3, -0.25) is 4.79 Å². The van der Waals surface area contributed by atoms with Gasteiger partial charge >= 0.3 is 0 Å². The third-order valence-electron chi connectivity index (χ3n) is 6.63. The van der Waals surface area contributed by atoms with Crippen LogP contribution in [0.5, 0.6) is 0 Å². The number of carbonyl (C=O) groups is 1. The van der Waals surface area contributed by atoms with Crippen LogP contribution in [-0.2, 0) is 9.22 Å². The summed E-state index contributed by atoms with van der Waals surface area (Å²) >= 11 is 0. The minimum absolute atomic E-state index is 0.0163. The van der Waals surface area contributed by atoms with Gasteiger partial charge in [0.05, 0.1) is 0 Å². The number of rotatable bonds is 5. The van der Waals surface area contributed by atoms with E-state index >= 15 is 0 Å². The van der Waals surface area contributed by atoms with Gasteiger partial charge < -0.3 is 4.43 Å². The van der Waals surface area contributed by atoms with Crippen LogP contribution in [0, 0.1) is 17.8 Å². The van der Waals surface area contributed by atoms with E-state index in [9.17, 15) is 4.79 Å². The van der Waals surface area contributed by atoms with E-state index in [2.05, 4.69) is 81.4 Å². The predicted octanol–water partition coefficient (Wildman–Crippen LogP) is 4.18. The maximum atomic E-state index is 11.8. The summed E-state index contributed by atoms with van der Waals surface area (Å²) in [6, 6.07) is 21.7. The Bertz CT molecular complexity index is 758. The molecule has 0 saturated heterocycles. The van der Waals surface area contributed by atoms with E-state index in [-0.39, 0.29) is 11.1 Å². The largest absolute Gasteiger partial charge is 0.404 e. The summed E-state index contributed by atoms with van der Waals surface area (Å²) in [4.78, 5) is 11.8. The molecule has 0 aromatic heterocycles. The van der Waals surface area contributed by atoms with Crippen LogP contribution in [0.1, 0.15) is 40.5 Å². The zero-order valence-electron chi connectivity index (χ0n) is 16.8. The highest BCUT2D eigenvalue weighted by Gasteiger charge is 2.60. The Balaban J connectivity index is 1.72. The molecule has 2 unspecified atom stereocenters. The molecule has 2 saturated carbocycles. The van der Waals surface area contributed by atoms with Crippen LogP contribution < -0.4 is 10.4 Å². The molecule has 27 heavy (non-hydrogen) atoms. The SMILES string of the molecule is CC(=O)C1[C@H]2CC(O[Si](c3ccccc3)(c3ccccc3)C(C)(C)C)C[C@@H]12. The molecule has 0 radical (unpaired) electrons. The Labute approximate surface area is 164 Å². The number of benzene rings is 2. The smallest absolute Gasteiger partial charge is 0.261 e. The van der Waals surface area contributed by atoms with E-state index in [1.165, 1.54) is 10.4 Å². The van der Waals surface area contributed by atoms with Gasteiger partial charge in [-0.15, -0.1) is 0 Å². The van der Waals surface area contributed by atoms with Gasteiger partial charge in [0.1, 0.15) is 5.78 Å². The first kappa shape index (κ1) is 18.6. The van der Waals surface area contributed by atoms with Gasteiger partial charge in [0.15, 0.2) is 0 Å². The molecule has 0 heterocycles. The second-order valence-corrected chi connectivity index (χ2v) is 13.6. The molecule has 2 aromatic rings. The van der Waals surface area contributed by atoms with Crippen LogP contribution in [-0.4, -0.2) is 20.2 Å². The Morgan fingerprint density at radius 1 is 0.889 bits per heavy atom. The molecule has 142 valence electrons. The van der Waals surface area contributed by atoms with Crippen LogP contribution in [0.2, 0.25) is 5.04 Å². The molecule has 0 N–H and O–H groups in total. The normalized spacial score (nSPS) is 27.3. The Morgan fingerprint density at radius 2 is 1.33 bits per heavy atom. The van der Waals surface area contributed by atoms with Crippen molar-refractivity contribution in [3.63, 3.8) is 0 Å². The monoisotopic (exact) mass is 378 g/mol. The van der Waals surface area contributed by atoms with Gasteiger partial charge in [-0.2, -0.15) is 0 Å². The average molecular weight is 379 g/mol. The third-order valence-corrected chi connectivity index (χ3v) is 11.7. The lowest BCUT2D eigenvalue weighted by Gasteiger charge is -2.45. The molecule has 4 rings (SSSR count). The highest BCUT2D eigenvalue weighted by atomic mass is 28.4. The fourth-order valence-corrected chi connectivity index (χ4v) is 10.1. The van der Waals surface area contributed by atoms with Crippen molar-refractivity contribution in [1.82, 2.24) is 0 Å². The molecule has 0 spiro atoms. The fourth-order valence-electron chi connectivity index (χ4n) is 5.43. The van der Waals surface area contributed by atoms with Crippen molar-refractivity contribution in [2.24, 2.45) is 17.8 Å². The molecule has 2 aromatic carbocycles. The molecule has 0 aliphatic heterocycles.